The van der Waals surface area contributed by atoms with Gasteiger partial charge in [0, 0.05) is 25.7 Å². The Morgan fingerprint density at radius 2 is 2.18 bits per heavy atom. The molecule has 118 valence electrons. The molecule has 22 heavy (non-hydrogen) atoms. The Kier molecular flexibility index (Phi) is 5.03. The molecule has 0 radical (unpaired) electrons. The van der Waals surface area contributed by atoms with Gasteiger partial charge < -0.3 is 10.6 Å². The third-order valence-corrected chi connectivity index (χ3v) is 3.22. The first kappa shape index (κ1) is 15.9. The van der Waals surface area contributed by atoms with Crippen LogP contribution < -0.4 is 10.6 Å². The van der Waals surface area contributed by atoms with Gasteiger partial charge in [-0.3, -0.25) is 9.67 Å². The molecule has 0 aliphatic carbocycles. The highest BCUT2D eigenvalue weighted by Crippen LogP contribution is 2.17. The highest BCUT2D eigenvalue weighted by atomic mass is 19.1. The van der Waals surface area contributed by atoms with E-state index in [2.05, 4.69) is 25.7 Å². The van der Waals surface area contributed by atoms with E-state index in [0.29, 0.717) is 18.1 Å². The molecule has 0 spiro atoms. The minimum absolute atomic E-state index is 0.364. The Morgan fingerprint density at radius 1 is 1.41 bits per heavy atom. The van der Waals surface area contributed by atoms with Crippen LogP contribution in [0.5, 0.6) is 0 Å². The van der Waals surface area contributed by atoms with Gasteiger partial charge in [0.05, 0.1) is 12.6 Å². The Balaban J connectivity index is 1.99. The lowest BCUT2D eigenvalue weighted by Crippen LogP contribution is -2.39. The monoisotopic (exact) mass is 308 g/mol. The van der Waals surface area contributed by atoms with Crippen molar-refractivity contribution in [3.05, 3.63) is 47.5 Å². The predicted octanol–water partition coefficient (Wildman–Crippen LogP) is 1.52. The number of aliphatic imine (C=N–C) groups is 1. The zero-order valence-corrected chi connectivity index (χ0v) is 12.6. The molecule has 0 saturated carbocycles. The molecule has 0 aliphatic rings. The third-order valence-electron chi connectivity index (χ3n) is 3.22. The number of nitrogens with one attached hydrogen (secondary N) is 2. The molecule has 0 aliphatic heterocycles. The molecule has 0 saturated heterocycles. The number of hydrogen-bond acceptors (Lipinski definition) is 3. The molecule has 6 nitrogen and oxygen atoms in total. The molecule has 0 amide bonds. The fourth-order valence-corrected chi connectivity index (χ4v) is 1.97. The van der Waals surface area contributed by atoms with Crippen molar-refractivity contribution in [1.82, 2.24) is 25.4 Å². The van der Waals surface area contributed by atoms with Crippen molar-refractivity contribution in [3.8, 4) is 0 Å². The summed E-state index contributed by atoms with van der Waals surface area (Å²) < 4.78 is 28.3. The zero-order chi connectivity index (χ0) is 16.1. The second-order valence-electron chi connectivity index (χ2n) is 4.76. The summed E-state index contributed by atoms with van der Waals surface area (Å²) in [4.78, 5) is 8.16. The van der Waals surface area contributed by atoms with Gasteiger partial charge >= 0.3 is 0 Å². The summed E-state index contributed by atoms with van der Waals surface area (Å²) in [5.41, 5.74) is 0.364. The van der Waals surface area contributed by atoms with Crippen LogP contribution in [0, 0.1) is 11.6 Å². The maximum absolute atomic E-state index is 13.8. The van der Waals surface area contributed by atoms with Crippen LogP contribution >= 0.6 is 0 Å². The van der Waals surface area contributed by atoms with Crippen molar-refractivity contribution >= 4 is 5.96 Å². The Labute approximate surface area is 127 Å². The van der Waals surface area contributed by atoms with E-state index >= 15 is 0 Å². The molecular formula is C14H18F2N6. The maximum atomic E-state index is 13.8. The first-order valence-electron chi connectivity index (χ1n) is 6.76. The molecule has 2 aromatic rings. The number of rotatable bonds is 4. The minimum Gasteiger partial charge on any atom is -0.350 e. The highest BCUT2D eigenvalue weighted by Gasteiger charge is 2.13. The average molecular weight is 308 g/mol. The van der Waals surface area contributed by atoms with Crippen LogP contribution in [0.15, 0.2) is 29.5 Å². The molecule has 0 fully saturated rings. The van der Waals surface area contributed by atoms with Gasteiger partial charge in [-0.05, 0) is 13.0 Å². The summed E-state index contributed by atoms with van der Waals surface area (Å²) in [5, 5.41) is 10.1. The van der Waals surface area contributed by atoms with Crippen molar-refractivity contribution in [2.24, 2.45) is 12.0 Å². The number of benzene rings is 1. The molecule has 2 N–H and O–H groups in total. The second kappa shape index (κ2) is 6.97. The topological polar surface area (TPSA) is 67.1 Å². The van der Waals surface area contributed by atoms with Gasteiger partial charge in [0.1, 0.15) is 23.8 Å². The molecule has 8 heteroatoms. The third kappa shape index (κ3) is 3.78. The van der Waals surface area contributed by atoms with Crippen LogP contribution in [-0.2, 0) is 13.6 Å². The van der Waals surface area contributed by atoms with Crippen molar-refractivity contribution in [2.75, 3.05) is 7.05 Å². The highest BCUT2D eigenvalue weighted by molar-refractivity contribution is 5.80. The number of aromatic nitrogens is 3. The summed E-state index contributed by atoms with van der Waals surface area (Å²) in [6.45, 7) is 2.19. The van der Waals surface area contributed by atoms with E-state index in [1.54, 1.807) is 25.7 Å². The summed E-state index contributed by atoms with van der Waals surface area (Å²) in [5.74, 6) is 0.0322. The molecular weight excluding hydrogens is 290 g/mol. The van der Waals surface area contributed by atoms with Gasteiger partial charge in [0.15, 0.2) is 5.96 Å². The van der Waals surface area contributed by atoms with Crippen LogP contribution in [0.1, 0.15) is 24.4 Å². The fraction of sp³-hybridized carbons (Fsp3) is 0.357. The van der Waals surface area contributed by atoms with Crippen molar-refractivity contribution < 1.29 is 8.78 Å². The van der Waals surface area contributed by atoms with E-state index in [1.807, 2.05) is 0 Å². The predicted molar refractivity (Wildman–Crippen MR) is 79.1 cm³/mol. The molecule has 2 rings (SSSR count). The van der Waals surface area contributed by atoms with E-state index in [0.717, 1.165) is 11.9 Å². The summed E-state index contributed by atoms with van der Waals surface area (Å²) >= 11 is 0. The quantitative estimate of drug-likeness (QED) is 0.664. The molecule has 1 aromatic carbocycles. The number of hydrogen-bond donors (Lipinski definition) is 2. The largest absolute Gasteiger partial charge is 0.350 e. The van der Waals surface area contributed by atoms with Crippen molar-refractivity contribution in [1.29, 1.82) is 0 Å². The SMILES string of the molecule is CN=C(NCc1ncnn1C)NC(C)c1ccc(F)cc1F. The molecule has 1 atom stereocenters. The molecule has 0 bridgehead atoms. The molecule has 1 unspecified atom stereocenters. The van der Waals surface area contributed by atoms with Crippen LogP contribution in [0.25, 0.3) is 0 Å². The normalized spacial score (nSPS) is 13.0. The van der Waals surface area contributed by atoms with Gasteiger partial charge in [-0.25, -0.2) is 13.8 Å². The zero-order valence-electron chi connectivity index (χ0n) is 12.6. The van der Waals surface area contributed by atoms with Crippen LogP contribution in [0.3, 0.4) is 0 Å². The van der Waals surface area contributed by atoms with Gasteiger partial charge in [-0.2, -0.15) is 5.10 Å². The number of nitrogens with zero attached hydrogens (tertiary/aromatic N) is 4. The van der Waals surface area contributed by atoms with Crippen molar-refractivity contribution in [3.63, 3.8) is 0 Å². The molecule has 1 heterocycles. The Bertz CT molecular complexity index is 667. The summed E-state index contributed by atoms with van der Waals surface area (Å²) in [7, 11) is 3.40. The minimum atomic E-state index is -0.599. The standard InChI is InChI=1S/C14H18F2N6/c1-9(11-5-4-10(15)6-12(11)16)21-14(17-2)18-7-13-19-8-20-22(13)3/h4-6,8-9H,7H2,1-3H3,(H2,17,18,21). The first-order chi connectivity index (χ1) is 10.5. The van der Waals surface area contributed by atoms with Gasteiger partial charge in [-0.15, -0.1) is 0 Å². The fourth-order valence-electron chi connectivity index (χ4n) is 1.97. The summed E-state index contributed by atoms with van der Waals surface area (Å²) in [6, 6.07) is 3.14. The number of guanidine groups is 1. The van der Waals surface area contributed by atoms with Crippen LogP contribution in [0.2, 0.25) is 0 Å². The lowest BCUT2D eigenvalue weighted by atomic mass is 10.1. The van der Waals surface area contributed by atoms with E-state index in [1.165, 1.54) is 18.5 Å². The van der Waals surface area contributed by atoms with E-state index in [4.69, 9.17) is 0 Å². The van der Waals surface area contributed by atoms with Crippen LogP contribution in [-0.4, -0.2) is 27.8 Å². The average Bonchev–Trinajstić information content (AvgIpc) is 2.88. The van der Waals surface area contributed by atoms with E-state index in [-0.39, 0.29) is 6.04 Å². The Morgan fingerprint density at radius 3 is 2.77 bits per heavy atom. The number of aryl methyl sites for hydroxylation is 1. The summed E-state index contributed by atoms with van der Waals surface area (Å²) in [6.07, 6.45) is 1.46. The van der Waals surface area contributed by atoms with Gasteiger partial charge in [-0.1, -0.05) is 6.07 Å². The number of halogens is 2. The van der Waals surface area contributed by atoms with Gasteiger partial charge in [0.25, 0.3) is 0 Å². The van der Waals surface area contributed by atoms with Crippen molar-refractivity contribution in [2.45, 2.75) is 19.5 Å². The Hall–Kier alpha value is -2.51. The van der Waals surface area contributed by atoms with E-state index in [9.17, 15) is 8.78 Å². The van der Waals surface area contributed by atoms with Gasteiger partial charge in [0.2, 0.25) is 0 Å². The lowest BCUT2D eigenvalue weighted by Gasteiger charge is -2.18. The smallest absolute Gasteiger partial charge is 0.191 e. The second-order valence-corrected chi connectivity index (χ2v) is 4.76. The maximum Gasteiger partial charge on any atom is 0.191 e. The first-order valence-corrected chi connectivity index (χ1v) is 6.76. The lowest BCUT2D eigenvalue weighted by molar-refractivity contribution is 0.550. The molecule has 1 aromatic heterocycles. The van der Waals surface area contributed by atoms with E-state index < -0.39 is 11.6 Å². The van der Waals surface area contributed by atoms with Crippen LogP contribution in [0.4, 0.5) is 8.78 Å².